The molecule has 1 fully saturated rings. The first-order valence-corrected chi connectivity index (χ1v) is 7.77. The van der Waals surface area contributed by atoms with Gasteiger partial charge in [0.25, 0.3) is 0 Å². The number of hydrogen-bond acceptors (Lipinski definition) is 3. The third kappa shape index (κ3) is 3.82. The Morgan fingerprint density at radius 2 is 1.74 bits per heavy atom. The molecule has 0 bridgehead atoms. The van der Waals surface area contributed by atoms with Gasteiger partial charge in [0, 0.05) is 6.54 Å². The predicted molar refractivity (Wildman–Crippen MR) is 66.6 cm³/mol. The molecule has 114 valence electrons. The number of rotatable bonds is 5. The van der Waals surface area contributed by atoms with E-state index in [0.29, 0.717) is 24.8 Å². The molecule has 0 saturated heterocycles. The van der Waals surface area contributed by atoms with Crippen molar-refractivity contribution in [1.29, 1.82) is 0 Å². The molecule has 0 radical (unpaired) electrons. The van der Waals surface area contributed by atoms with E-state index in [1.807, 2.05) is 0 Å². The number of nitrogens with one attached hydrogen (secondary N) is 1. The molecule has 4 nitrogen and oxygen atoms in total. The van der Waals surface area contributed by atoms with Gasteiger partial charge in [-0.05, 0) is 43.1 Å². The van der Waals surface area contributed by atoms with Crippen LogP contribution in [-0.4, -0.2) is 27.0 Å². The van der Waals surface area contributed by atoms with Crippen molar-refractivity contribution in [3.05, 3.63) is 0 Å². The summed E-state index contributed by atoms with van der Waals surface area (Å²) in [6.07, 6.45) is 2.00. The maximum atomic E-state index is 12.2. The fourth-order valence-electron chi connectivity index (χ4n) is 2.86. The van der Waals surface area contributed by atoms with Crippen LogP contribution in [0.4, 0.5) is 13.2 Å². The van der Waals surface area contributed by atoms with E-state index in [-0.39, 0.29) is 12.0 Å². The molecule has 1 aliphatic rings. The summed E-state index contributed by atoms with van der Waals surface area (Å²) in [4.78, 5) is 0. The molecule has 2 atom stereocenters. The van der Waals surface area contributed by atoms with Gasteiger partial charge in [-0.3, -0.25) is 0 Å². The summed E-state index contributed by atoms with van der Waals surface area (Å²) in [5, 5.41) is 0. The minimum absolute atomic E-state index is 0.224. The predicted octanol–water partition coefficient (Wildman–Crippen LogP) is 1.83. The number of hydrogen-bond donors (Lipinski definition) is 2. The van der Waals surface area contributed by atoms with E-state index in [2.05, 4.69) is 13.8 Å². The first-order valence-electron chi connectivity index (χ1n) is 6.29. The lowest BCUT2D eigenvalue weighted by Crippen LogP contribution is -2.39. The van der Waals surface area contributed by atoms with Crippen molar-refractivity contribution in [3.63, 3.8) is 0 Å². The summed E-state index contributed by atoms with van der Waals surface area (Å²) in [7, 11) is -5.24. The lowest BCUT2D eigenvalue weighted by molar-refractivity contribution is -0.0448. The van der Waals surface area contributed by atoms with E-state index in [9.17, 15) is 21.6 Å². The Balaban J connectivity index is 2.58. The summed E-state index contributed by atoms with van der Waals surface area (Å²) in [6, 6.07) is 0. The smallest absolute Gasteiger partial charge is 0.330 e. The van der Waals surface area contributed by atoms with E-state index in [1.165, 1.54) is 0 Å². The Morgan fingerprint density at radius 1 is 1.26 bits per heavy atom. The van der Waals surface area contributed by atoms with Crippen molar-refractivity contribution < 1.29 is 21.6 Å². The van der Waals surface area contributed by atoms with E-state index < -0.39 is 15.5 Å². The van der Waals surface area contributed by atoms with Gasteiger partial charge in [0.1, 0.15) is 0 Å². The van der Waals surface area contributed by atoms with Gasteiger partial charge >= 0.3 is 15.5 Å². The minimum atomic E-state index is -5.25. The monoisotopic (exact) mass is 302 g/mol. The lowest BCUT2D eigenvalue weighted by atomic mass is 9.82. The van der Waals surface area contributed by atoms with Gasteiger partial charge in [0.05, 0.1) is 0 Å². The summed E-state index contributed by atoms with van der Waals surface area (Å²) in [5.41, 5.74) is 0.235. The lowest BCUT2D eigenvalue weighted by Gasteiger charge is -2.28. The molecule has 1 saturated carbocycles. The van der Waals surface area contributed by atoms with Crippen molar-refractivity contribution >= 4 is 10.0 Å². The average molecular weight is 302 g/mol. The Kier molecular flexibility index (Phi) is 4.90. The molecular formula is C11H21F3N2O2S. The Hall–Kier alpha value is -0.340. The number of sulfonamides is 1. The van der Waals surface area contributed by atoms with Gasteiger partial charge in [-0.1, -0.05) is 13.8 Å². The molecule has 0 heterocycles. The molecule has 3 N–H and O–H groups in total. The molecule has 0 aliphatic heterocycles. The molecule has 0 aromatic rings. The Morgan fingerprint density at radius 3 is 2.11 bits per heavy atom. The van der Waals surface area contributed by atoms with Crippen LogP contribution < -0.4 is 10.5 Å². The normalized spacial score (nSPS) is 27.7. The van der Waals surface area contributed by atoms with Crippen molar-refractivity contribution in [3.8, 4) is 0 Å². The maximum absolute atomic E-state index is 12.2. The summed E-state index contributed by atoms with van der Waals surface area (Å²) < 4.78 is 59.8. The van der Waals surface area contributed by atoms with Crippen molar-refractivity contribution in [2.45, 2.75) is 38.6 Å². The summed E-state index contributed by atoms with van der Waals surface area (Å²) in [5.74, 6) is 0.922. The number of halogens is 3. The van der Waals surface area contributed by atoms with Crippen LogP contribution in [0.3, 0.4) is 0 Å². The molecule has 0 aromatic heterocycles. The van der Waals surface area contributed by atoms with E-state index in [4.69, 9.17) is 5.73 Å². The highest BCUT2D eigenvalue weighted by molar-refractivity contribution is 7.90. The van der Waals surface area contributed by atoms with Gasteiger partial charge in [0.2, 0.25) is 0 Å². The highest BCUT2D eigenvalue weighted by Crippen LogP contribution is 2.46. The van der Waals surface area contributed by atoms with Crippen LogP contribution in [-0.2, 0) is 10.0 Å². The largest absolute Gasteiger partial charge is 0.511 e. The molecule has 0 unspecified atom stereocenters. The van der Waals surface area contributed by atoms with Gasteiger partial charge in [-0.2, -0.15) is 13.2 Å². The highest BCUT2D eigenvalue weighted by Gasteiger charge is 2.46. The second-order valence-electron chi connectivity index (χ2n) is 5.66. The van der Waals surface area contributed by atoms with Gasteiger partial charge in [-0.25, -0.2) is 13.1 Å². The van der Waals surface area contributed by atoms with Crippen LogP contribution in [0.2, 0.25) is 0 Å². The van der Waals surface area contributed by atoms with Crippen LogP contribution in [0.15, 0.2) is 0 Å². The number of alkyl halides is 3. The zero-order valence-corrected chi connectivity index (χ0v) is 11.9. The standard InChI is InChI=1S/C11H21F3N2O2S/c1-8-5-10(7-15,6-9(8)2)3-4-16-19(17,18)11(12,13)14/h8-9,16H,3-7,15H2,1-2H3/t8-,9-/m1/s1. The van der Waals surface area contributed by atoms with Crippen molar-refractivity contribution in [2.24, 2.45) is 23.0 Å². The second-order valence-corrected chi connectivity index (χ2v) is 7.42. The molecular weight excluding hydrogens is 281 g/mol. The zero-order valence-electron chi connectivity index (χ0n) is 11.1. The average Bonchev–Trinajstić information content (AvgIpc) is 2.53. The first-order chi connectivity index (χ1) is 8.53. The molecule has 1 rings (SSSR count). The second kappa shape index (κ2) is 5.57. The van der Waals surface area contributed by atoms with Crippen molar-refractivity contribution in [1.82, 2.24) is 4.72 Å². The molecule has 19 heavy (non-hydrogen) atoms. The van der Waals surface area contributed by atoms with Crippen LogP contribution in [0.5, 0.6) is 0 Å². The van der Waals surface area contributed by atoms with Crippen LogP contribution in [0.1, 0.15) is 33.1 Å². The molecule has 1 aliphatic carbocycles. The van der Waals surface area contributed by atoms with E-state index in [1.54, 1.807) is 4.72 Å². The fourth-order valence-corrected chi connectivity index (χ4v) is 3.39. The van der Waals surface area contributed by atoms with Gasteiger partial charge in [0.15, 0.2) is 0 Å². The molecule has 0 amide bonds. The minimum Gasteiger partial charge on any atom is -0.330 e. The fraction of sp³-hybridized carbons (Fsp3) is 1.00. The summed E-state index contributed by atoms with van der Waals surface area (Å²) >= 11 is 0. The quantitative estimate of drug-likeness (QED) is 0.814. The Bertz CT molecular complexity index is 399. The van der Waals surface area contributed by atoms with Crippen molar-refractivity contribution in [2.75, 3.05) is 13.1 Å². The third-order valence-corrected chi connectivity index (χ3v) is 5.36. The van der Waals surface area contributed by atoms with Gasteiger partial charge < -0.3 is 5.73 Å². The summed E-state index contributed by atoms with van der Waals surface area (Å²) in [6.45, 7) is 4.32. The molecule has 0 aromatic carbocycles. The number of nitrogens with two attached hydrogens (primary N) is 1. The SMILES string of the molecule is C[C@@H]1CC(CN)(CCNS(=O)(=O)C(F)(F)F)C[C@H]1C. The molecule has 8 heteroatoms. The first kappa shape index (κ1) is 16.7. The van der Waals surface area contributed by atoms with Gasteiger partial charge in [-0.15, -0.1) is 0 Å². The third-order valence-electron chi connectivity index (χ3n) is 4.17. The van der Waals surface area contributed by atoms with E-state index >= 15 is 0 Å². The maximum Gasteiger partial charge on any atom is 0.511 e. The zero-order chi connectivity index (χ0) is 14.9. The van der Waals surface area contributed by atoms with E-state index in [0.717, 1.165) is 12.8 Å². The Labute approximate surface area is 112 Å². The highest BCUT2D eigenvalue weighted by atomic mass is 32.2. The van der Waals surface area contributed by atoms with Crippen LogP contribution in [0, 0.1) is 17.3 Å². The van der Waals surface area contributed by atoms with Crippen LogP contribution >= 0.6 is 0 Å². The van der Waals surface area contributed by atoms with Crippen LogP contribution in [0.25, 0.3) is 0 Å². The molecule has 0 spiro atoms. The topological polar surface area (TPSA) is 72.2 Å².